The number of aromatic amines is 1. The standard InChI is InChI=1S/C15H10N2.ClHO4/c1-2-6-12-10-17-14-8-4-3-7-13(14)16-15(17)9-11(12)5-1;2-1(3,4)5/h1-10H;(H,2,3,4,5). The molecule has 6 nitrogen and oxygen atoms in total. The second-order valence-electron chi connectivity index (χ2n) is 4.68. The maximum Gasteiger partial charge on any atom is 0.285 e. The molecule has 0 saturated heterocycles. The van der Waals surface area contributed by atoms with Crippen molar-refractivity contribution in [2.75, 3.05) is 0 Å². The van der Waals surface area contributed by atoms with Gasteiger partial charge in [0.2, 0.25) is 0 Å². The number of fused-ring (bicyclic) bond motifs is 4. The van der Waals surface area contributed by atoms with Gasteiger partial charge in [0, 0.05) is 11.5 Å². The van der Waals surface area contributed by atoms with Gasteiger partial charge >= 0.3 is 0 Å². The molecule has 0 fully saturated rings. The summed E-state index contributed by atoms with van der Waals surface area (Å²) in [5, 5.41) is 2.52. The molecule has 0 aliphatic heterocycles. The van der Waals surface area contributed by atoms with Gasteiger partial charge < -0.3 is 0 Å². The number of halogens is 1. The second kappa shape index (κ2) is 5.53. The lowest BCUT2D eigenvalue weighted by Gasteiger charge is -2.17. The number of hydrogen-bond donors (Lipinski definition) is 1. The summed E-state index contributed by atoms with van der Waals surface area (Å²) >= 11 is 0. The number of pyridine rings is 1. The third-order valence-electron chi connectivity index (χ3n) is 3.24. The van der Waals surface area contributed by atoms with E-state index in [4.69, 9.17) is 18.6 Å². The quantitative estimate of drug-likeness (QED) is 0.389. The fourth-order valence-electron chi connectivity index (χ4n) is 2.41. The Bertz CT molecular complexity index is 934. The van der Waals surface area contributed by atoms with Crippen LogP contribution in [0.1, 0.15) is 0 Å². The summed E-state index contributed by atoms with van der Waals surface area (Å²) in [5.74, 6) is 0. The number of imidazole rings is 1. The average molecular weight is 319 g/mol. The molecule has 0 aliphatic carbocycles. The van der Waals surface area contributed by atoms with Gasteiger partial charge in [-0.25, -0.2) is 23.6 Å². The molecular weight excluding hydrogens is 308 g/mol. The van der Waals surface area contributed by atoms with Crippen molar-refractivity contribution in [2.45, 2.75) is 0 Å². The maximum atomic E-state index is 8.49. The van der Waals surface area contributed by atoms with Crippen molar-refractivity contribution in [3.63, 3.8) is 0 Å². The largest absolute Gasteiger partial charge is 0.285 e. The third kappa shape index (κ3) is 3.16. The van der Waals surface area contributed by atoms with Crippen molar-refractivity contribution in [3.05, 3.63) is 60.8 Å². The normalized spacial score (nSPS) is 11.6. The van der Waals surface area contributed by atoms with Crippen molar-refractivity contribution in [1.82, 2.24) is 4.98 Å². The van der Waals surface area contributed by atoms with E-state index in [0.29, 0.717) is 0 Å². The van der Waals surface area contributed by atoms with E-state index in [1.165, 1.54) is 21.8 Å². The highest BCUT2D eigenvalue weighted by molar-refractivity contribution is 5.85. The number of hydrogen-bond acceptors (Lipinski definition) is 4. The number of benzene rings is 2. The molecule has 0 saturated carbocycles. The Kier molecular flexibility index (Phi) is 3.69. The van der Waals surface area contributed by atoms with Crippen molar-refractivity contribution < 1.29 is 33.3 Å². The first-order valence-corrected chi connectivity index (χ1v) is 7.58. The minimum Gasteiger partial charge on any atom is -0.237 e. The molecule has 1 N–H and O–H groups in total. The van der Waals surface area contributed by atoms with Gasteiger partial charge in [-0.3, -0.25) is 0 Å². The van der Waals surface area contributed by atoms with Crippen LogP contribution in [0.15, 0.2) is 60.8 Å². The first-order chi connectivity index (χ1) is 10.4. The van der Waals surface area contributed by atoms with Crippen molar-refractivity contribution in [3.8, 4) is 0 Å². The third-order valence-corrected chi connectivity index (χ3v) is 3.24. The summed E-state index contributed by atoms with van der Waals surface area (Å²) in [7, 11) is -4.94. The zero-order valence-electron chi connectivity index (χ0n) is 11.2. The van der Waals surface area contributed by atoms with E-state index in [2.05, 4.69) is 70.2 Å². The number of nitrogens with one attached hydrogen (secondary N) is 1. The fourth-order valence-corrected chi connectivity index (χ4v) is 2.41. The van der Waals surface area contributed by atoms with E-state index < -0.39 is 10.2 Å². The van der Waals surface area contributed by atoms with E-state index in [1.54, 1.807) is 0 Å². The molecule has 4 rings (SSSR count). The SMILES string of the molecule is [O-][Cl+3]([O-])([O-])[O-].c1ccc2c[n+]3c(cc2c1)[nH]c1ccccc13. The van der Waals surface area contributed by atoms with Crippen LogP contribution in [0.3, 0.4) is 0 Å². The molecule has 4 aromatic rings. The van der Waals surface area contributed by atoms with Crippen molar-refractivity contribution in [2.24, 2.45) is 0 Å². The van der Waals surface area contributed by atoms with Crippen LogP contribution < -0.4 is 23.0 Å². The molecule has 2 aromatic heterocycles. The van der Waals surface area contributed by atoms with Gasteiger partial charge in [-0.1, -0.05) is 36.4 Å². The van der Waals surface area contributed by atoms with E-state index in [0.717, 1.165) is 5.65 Å². The Morgan fingerprint density at radius 3 is 2.14 bits per heavy atom. The van der Waals surface area contributed by atoms with Gasteiger partial charge in [0.25, 0.3) is 5.65 Å². The highest BCUT2D eigenvalue weighted by atomic mass is 35.7. The smallest absolute Gasteiger partial charge is 0.237 e. The van der Waals surface area contributed by atoms with Crippen LogP contribution in [-0.4, -0.2) is 4.98 Å². The molecule has 2 aromatic carbocycles. The summed E-state index contributed by atoms with van der Waals surface area (Å²) in [6.45, 7) is 0. The molecule has 0 bridgehead atoms. The molecule has 0 unspecified atom stereocenters. The second-order valence-corrected chi connectivity index (χ2v) is 5.43. The summed E-state index contributed by atoms with van der Waals surface area (Å²) in [6, 6.07) is 19.0. The topological polar surface area (TPSA) is 112 Å². The van der Waals surface area contributed by atoms with E-state index in [1.807, 2.05) is 0 Å². The lowest BCUT2D eigenvalue weighted by molar-refractivity contribution is -2.00. The number of H-pyrrole nitrogens is 1. The van der Waals surface area contributed by atoms with Gasteiger partial charge in [-0.05, 0) is 17.5 Å². The number of rotatable bonds is 0. The molecule has 112 valence electrons. The Morgan fingerprint density at radius 2 is 1.41 bits per heavy atom. The fraction of sp³-hybridized carbons (Fsp3) is 0. The van der Waals surface area contributed by atoms with E-state index in [9.17, 15) is 0 Å². The van der Waals surface area contributed by atoms with Crippen LogP contribution in [0.5, 0.6) is 0 Å². The van der Waals surface area contributed by atoms with Gasteiger partial charge in [-0.15, -0.1) is 10.2 Å². The number of nitrogens with zero attached hydrogens (tertiary/aromatic N) is 1. The van der Waals surface area contributed by atoms with Crippen molar-refractivity contribution in [1.29, 1.82) is 0 Å². The minimum atomic E-state index is -4.94. The molecule has 0 aliphatic rings. The molecular formula is C15H11ClN2O4. The van der Waals surface area contributed by atoms with Crippen LogP contribution in [0.2, 0.25) is 0 Å². The van der Waals surface area contributed by atoms with Gasteiger partial charge in [0.15, 0.2) is 11.0 Å². The first-order valence-electron chi connectivity index (χ1n) is 6.34. The van der Waals surface area contributed by atoms with Gasteiger partial charge in [0.05, 0.1) is 0 Å². The maximum absolute atomic E-state index is 8.49. The Balaban J connectivity index is 0.000000254. The lowest BCUT2D eigenvalue weighted by Crippen LogP contribution is -2.68. The molecule has 0 amide bonds. The highest BCUT2D eigenvalue weighted by Crippen LogP contribution is 2.16. The minimum absolute atomic E-state index is 1.13. The van der Waals surface area contributed by atoms with E-state index >= 15 is 0 Å². The average Bonchev–Trinajstić information content (AvgIpc) is 2.80. The molecule has 22 heavy (non-hydrogen) atoms. The van der Waals surface area contributed by atoms with Crippen LogP contribution in [-0.2, 0) is 0 Å². The monoisotopic (exact) mass is 318 g/mol. The zero-order valence-corrected chi connectivity index (χ0v) is 12.0. The summed E-state index contributed by atoms with van der Waals surface area (Å²) in [6.07, 6.45) is 2.18. The highest BCUT2D eigenvalue weighted by Gasteiger charge is 2.11. The molecule has 7 heteroatoms. The van der Waals surface area contributed by atoms with Crippen LogP contribution in [0, 0.1) is 10.2 Å². The molecule has 0 radical (unpaired) electrons. The Labute approximate surface area is 127 Å². The molecule has 2 heterocycles. The van der Waals surface area contributed by atoms with Crippen LogP contribution in [0.25, 0.3) is 27.5 Å². The predicted octanol–water partition coefficient (Wildman–Crippen LogP) is -1.70. The number of para-hydroxylation sites is 2. The lowest BCUT2D eigenvalue weighted by atomic mass is 10.2. The summed E-state index contributed by atoms with van der Waals surface area (Å²) < 4.78 is 36.2. The van der Waals surface area contributed by atoms with E-state index in [-0.39, 0.29) is 0 Å². The van der Waals surface area contributed by atoms with Gasteiger partial charge in [0.1, 0.15) is 6.20 Å². The molecule has 0 atom stereocenters. The Hall–Kier alpha value is -2.22. The number of aromatic nitrogens is 2. The summed E-state index contributed by atoms with van der Waals surface area (Å²) in [5.41, 5.74) is 3.51. The first kappa shape index (κ1) is 14.7. The Morgan fingerprint density at radius 1 is 0.818 bits per heavy atom. The molecule has 0 spiro atoms. The van der Waals surface area contributed by atoms with Crippen LogP contribution >= 0.6 is 0 Å². The summed E-state index contributed by atoms with van der Waals surface area (Å²) in [4.78, 5) is 3.43. The predicted molar refractivity (Wildman–Crippen MR) is 69.0 cm³/mol. The van der Waals surface area contributed by atoms with Crippen molar-refractivity contribution >= 4 is 27.5 Å². The van der Waals surface area contributed by atoms with Crippen LogP contribution in [0.4, 0.5) is 0 Å². The van der Waals surface area contributed by atoms with Gasteiger partial charge in [-0.2, -0.15) is 4.40 Å². The zero-order chi connectivity index (χ0) is 15.7.